The Hall–Kier alpha value is -2.01. The molecule has 2 rings (SSSR count). The summed E-state index contributed by atoms with van der Waals surface area (Å²) in [5.41, 5.74) is 4.03. The van der Waals surface area contributed by atoms with Gasteiger partial charge in [-0.2, -0.15) is 0 Å². The van der Waals surface area contributed by atoms with E-state index in [0.29, 0.717) is 12.1 Å². The van der Waals surface area contributed by atoms with Crippen LogP contribution in [-0.4, -0.2) is 47.0 Å². The van der Waals surface area contributed by atoms with E-state index in [4.69, 9.17) is 0 Å². The Bertz CT molecular complexity index is 665. The Morgan fingerprint density at radius 1 is 1.09 bits per heavy atom. The SMILES string of the molecule is CCN(CC)CCNC(=O)c1ccc2nc(C)c(C)nc2c1. The van der Waals surface area contributed by atoms with Gasteiger partial charge in [-0.15, -0.1) is 0 Å². The number of carbonyl (C=O) groups excluding carboxylic acids is 1. The highest BCUT2D eigenvalue weighted by atomic mass is 16.1. The zero-order valence-electron chi connectivity index (χ0n) is 13.8. The molecule has 5 nitrogen and oxygen atoms in total. The minimum absolute atomic E-state index is 0.0610. The van der Waals surface area contributed by atoms with Crippen LogP contribution in [0.5, 0.6) is 0 Å². The van der Waals surface area contributed by atoms with Gasteiger partial charge in [-0.1, -0.05) is 13.8 Å². The zero-order chi connectivity index (χ0) is 16.1. The van der Waals surface area contributed by atoms with E-state index in [1.54, 1.807) is 6.07 Å². The van der Waals surface area contributed by atoms with Crippen molar-refractivity contribution < 1.29 is 4.79 Å². The molecule has 118 valence electrons. The van der Waals surface area contributed by atoms with Gasteiger partial charge in [-0.05, 0) is 45.1 Å². The van der Waals surface area contributed by atoms with Crippen LogP contribution in [0.25, 0.3) is 11.0 Å². The number of fused-ring (bicyclic) bond motifs is 1. The smallest absolute Gasteiger partial charge is 0.251 e. The Balaban J connectivity index is 2.07. The van der Waals surface area contributed by atoms with Gasteiger partial charge in [0.2, 0.25) is 0 Å². The van der Waals surface area contributed by atoms with Crippen molar-refractivity contribution in [3.8, 4) is 0 Å². The number of benzene rings is 1. The second kappa shape index (κ2) is 7.31. The van der Waals surface area contributed by atoms with Crippen molar-refractivity contribution in [2.75, 3.05) is 26.2 Å². The first-order valence-electron chi connectivity index (χ1n) is 7.80. The molecule has 5 heteroatoms. The molecule has 1 aromatic heterocycles. The van der Waals surface area contributed by atoms with Crippen LogP contribution in [0.3, 0.4) is 0 Å². The van der Waals surface area contributed by atoms with Gasteiger partial charge in [0.1, 0.15) is 0 Å². The lowest BCUT2D eigenvalue weighted by Crippen LogP contribution is -2.34. The van der Waals surface area contributed by atoms with E-state index in [9.17, 15) is 4.79 Å². The number of hydrogen-bond donors (Lipinski definition) is 1. The first-order valence-corrected chi connectivity index (χ1v) is 7.80. The highest BCUT2D eigenvalue weighted by molar-refractivity contribution is 5.97. The molecule has 0 aliphatic heterocycles. The van der Waals surface area contributed by atoms with Crippen LogP contribution >= 0.6 is 0 Å². The maximum Gasteiger partial charge on any atom is 0.251 e. The largest absolute Gasteiger partial charge is 0.351 e. The van der Waals surface area contributed by atoms with Crippen molar-refractivity contribution in [1.82, 2.24) is 20.2 Å². The summed E-state index contributed by atoms with van der Waals surface area (Å²) in [6.07, 6.45) is 0. The normalized spacial score (nSPS) is 11.1. The summed E-state index contributed by atoms with van der Waals surface area (Å²) in [4.78, 5) is 23.5. The topological polar surface area (TPSA) is 58.1 Å². The van der Waals surface area contributed by atoms with Gasteiger partial charge in [0.15, 0.2) is 0 Å². The second-order valence-corrected chi connectivity index (χ2v) is 5.38. The summed E-state index contributed by atoms with van der Waals surface area (Å²) in [6, 6.07) is 5.47. The van der Waals surface area contributed by atoms with E-state index in [2.05, 4.69) is 34.0 Å². The maximum atomic E-state index is 12.2. The number of hydrogen-bond acceptors (Lipinski definition) is 4. The van der Waals surface area contributed by atoms with Crippen LogP contribution < -0.4 is 5.32 Å². The maximum absolute atomic E-state index is 12.2. The molecule has 0 unspecified atom stereocenters. The Morgan fingerprint density at radius 3 is 2.36 bits per heavy atom. The molecule has 1 amide bonds. The summed E-state index contributed by atoms with van der Waals surface area (Å²) >= 11 is 0. The lowest BCUT2D eigenvalue weighted by atomic mass is 10.1. The Kier molecular flexibility index (Phi) is 5.44. The molecule has 0 radical (unpaired) electrons. The third kappa shape index (κ3) is 3.80. The summed E-state index contributed by atoms with van der Waals surface area (Å²) in [6.45, 7) is 11.6. The number of amides is 1. The van der Waals surface area contributed by atoms with Crippen LogP contribution in [0, 0.1) is 13.8 Å². The predicted molar refractivity (Wildman–Crippen MR) is 89.1 cm³/mol. The number of rotatable bonds is 6. The number of nitrogens with one attached hydrogen (secondary N) is 1. The minimum Gasteiger partial charge on any atom is -0.351 e. The standard InChI is InChI=1S/C17H24N4O/c1-5-21(6-2)10-9-18-17(22)14-7-8-15-16(11-14)20-13(4)12(3)19-15/h7-8,11H,5-6,9-10H2,1-4H3,(H,18,22). The highest BCUT2D eigenvalue weighted by Crippen LogP contribution is 2.14. The quantitative estimate of drug-likeness (QED) is 0.889. The fraction of sp³-hybridized carbons (Fsp3) is 0.471. The molecule has 2 aromatic rings. The van der Waals surface area contributed by atoms with Gasteiger partial charge in [0.25, 0.3) is 5.91 Å². The fourth-order valence-corrected chi connectivity index (χ4v) is 2.34. The third-order valence-corrected chi connectivity index (χ3v) is 3.95. The van der Waals surface area contributed by atoms with Crippen LogP contribution in [0.2, 0.25) is 0 Å². The van der Waals surface area contributed by atoms with E-state index in [1.807, 2.05) is 26.0 Å². The molecule has 0 spiro atoms. The molecule has 0 atom stereocenters. The van der Waals surface area contributed by atoms with Crippen molar-refractivity contribution in [3.63, 3.8) is 0 Å². The summed E-state index contributed by atoms with van der Waals surface area (Å²) in [5, 5.41) is 2.96. The van der Waals surface area contributed by atoms with Crippen LogP contribution in [-0.2, 0) is 0 Å². The summed E-state index contributed by atoms with van der Waals surface area (Å²) in [7, 11) is 0. The van der Waals surface area contributed by atoms with Crippen molar-refractivity contribution in [1.29, 1.82) is 0 Å². The molecular formula is C17H24N4O. The molecule has 0 bridgehead atoms. The average Bonchev–Trinajstić information content (AvgIpc) is 2.52. The Labute approximate surface area is 131 Å². The minimum atomic E-state index is -0.0610. The predicted octanol–water partition coefficient (Wildman–Crippen LogP) is 2.32. The highest BCUT2D eigenvalue weighted by Gasteiger charge is 2.09. The molecule has 0 fully saturated rings. The van der Waals surface area contributed by atoms with Crippen LogP contribution in [0.4, 0.5) is 0 Å². The van der Waals surface area contributed by atoms with Gasteiger partial charge < -0.3 is 10.2 Å². The monoisotopic (exact) mass is 300 g/mol. The summed E-state index contributed by atoms with van der Waals surface area (Å²) < 4.78 is 0. The lowest BCUT2D eigenvalue weighted by Gasteiger charge is -2.17. The number of carbonyl (C=O) groups is 1. The lowest BCUT2D eigenvalue weighted by molar-refractivity contribution is 0.0949. The number of nitrogens with zero attached hydrogens (tertiary/aromatic N) is 3. The van der Waals surface area contributed by atoms with Gasteiger partial charge in [0.05, 0.1) is 22.4 Å². The fourth-order valence-electron chi connectivity index (χ4n) is 2.34. The van der Waals surface area contributed by atoms with Crippen molar-refractivity contribution in [2.45, 2.75) is 27.7 Å². The van der Waals surface area contributed by atoms with Gasteiger partial charge in [0, 0.05) is 18.7 Å². The number of aromatic nitrogens is 2. The average molecular weight is 300 g/mol. The van der Waals surface area contributed by atoms with Crippen molar-refractivity contribution in [3.05, 3.63) is 35.2 Å². The second-order valence-electron chi connectivity index (χ2n) is 5.38. The first-order chi connectivity index (χ1) is 10.5. The van der Waals surface area contributed by atoms with Crippen molar-refractivity contribution >= 4 is 16.9 Å². The van der Waals surface area contributed by atoms with Crippen molar-refractivity contribution in [2.24, 2.45) is 0 Å². The molecule has 1 heterocycles. The van der Waals surface area contributed by atoms with E-state index in [-0.39, 0.29) is 5.91 Å². The molecule has 1 N–H and O–H groups in total. The van der Waals surface area contributed by atoms with Crippen LogP contribution in [0.1, 0.15) is 35.6 Å². The summed E-state index contributed by atoms with van der Waals surface area (Å²) in [5.74, 6) is -0.0610. The number of likely N-dealkylation sites (N-methyl/N-ethyl adjacent to an activating group) is 1. The van der Waals surface area contributed by atoms with Crippen LogP contribution in [0.15, 0.2) is 18.2 Å². The van der Waals surface area contributed by atoms with Gasteiger partial charge in [-0.3, -0.25) is 4.79 Å². The molecule has 1 aromatic carbocycles. The molecule has 0 saturated carbocycles. The van der Waals surface area contributed by atoms with E-state index in [1.165, 1.54) is 0 Å². The van der Waals surface area contributed by atoms with E-state index in [0.717, 1.165) is 42.1 Å². The van der Waals surface area contributed by atoms with Gasteiger partial charge >= 0.3 is 0 Å². The molecule has 0 saturated heterocycles. The number of aryl methyl sites for hydroxylation is 2. The van der Waals surface area contributed by atoms with E-state index < -0.39 is 0 Å². The third-order valence-electron chi connectivity index (χ3n) is 3.95. The zero-order valence-corrected chi connectivity index (χ0v) is 13.8. The Morgan fingerprint density at radius 2 is 1.73 bits per heavy atom. The molecule has 0 aliphatic rings. The molecule has 0 aliphatic carbocycles. The van der Waals surface area contributed by atoms with E-state index >= 15 is 0 Å². The van der Waals surface area contributed by atoms with Gasteiger partial charge in [-0.25, -0.2) is 9.97 Å². The molecule has 22 heavy (non-hydrogen) atoms. The molecular weight excluding hydrogens is 276 g/mol. The first kappa shape index (κ1) is 16.4.